The van der Waals surface area contributed by atoms with Crippen LogP contribution in [0.15, 0.2) is 12.1 Å². The molecular weight excluding hydrogens is 338 g/mol. The number of benzene rings is 1. The van der Waals surface area contributed by atoms with Crippen molar-refractivity contribution < 1.29 is 14.3 Å². The first kappa shape index (κ1) is 15.8. The van der Waals surface area contributed by atoms with Crippen molar-refractivity contribution in [1.82, 2.24) is 5.32 Å². The van der Waals surface area contributed by atoms with E-state index in [0.29, 0.717) is 54.0 Å². The second-order valence-electron chi connectivity index (χ2n) is 8.30. The Kier molecular flexibility index (Phi) is 3.85. The molecule has 0 spiro atoms. The smallest absolute Gasteiger partial charge is 0.224 e. The van der Waals surface area contributed by atoms with Gasteiger partial charge in [-0.25, -0.2) is 0 Å². The summed E-state index contributed by atoms with van der Waals surface area (Å²) in [4.78, 5) is 12.7. The highest BCUT2D eigenvalue weighted by Gasteiger charge is 2.48. The highest BCUT2D eigenvalue weighted by Crippen LogP contribution is 2.53. The van der Waals surface area contributed by atoms with E-state index in [1.54, 1.807) is 0 Å². The largest absolute Gasteiger partial charge is 0.486 e. The minimum Gasteiger partial charge on any atom is -0.486 e. The van der Waals surface area contributed by atoms with Gasteiger partial charge in [0.05, 0.1) is 11.4 Å². The third-order valence-corrected chi connectivity index (χ3v) is 6.86. The molecule has 0 radical (unpaired) electrons. The van der Waals surface area contributed by atoms with E-state index in [1.807, 2.05) is 12.1 Å². The number of amides is 1. The first-order valence-electron chi connectivity index (χ1n) is 9.53. The number of fused-ring (bicyclic) bond motifs is 1. The molecule has 6 rings (SSSR count). The summed E-state index contributed by atoms with van der Waals surface area (Å²) in [5, 5.41) is 3.88. The van der Waals surface area contributed by atoms with Gasteiger partial charge in [0, 0.05) is 6.04 Å². The van der Waals surface area contributed by atoms with Crippen molar-refractivity contribution in [3.05, 3.63) is 22.7 Å². The maximum Gasteiger partial charge on any atom is 0.224 e. The van der Waals surface area contributed by atoms with E-state index >= 15 is 0 Å². The fraction of sp³-hybridized carbons (Fsp3) is 0.650. The van der Waals surface area contributed by atoms with Crippen molar-refractivity contribution in [2.45, 2.75) is 44.6 Å². The molecule has 1 aromatic rings. The summed E-state index contributed by atoms with van der Waals surface area (Å²) in [6, 6.07) is 4.09. The number of carbonyl (C=O) groups excluding carboxylic acids is 1. The van der Waals surface area contributed by atoms with Gasteiger partial charge in [0.1, 0.15) is 13.2 Å². The number of ether oxygens (including phenoxy) is 2. The number of hydrogen-bond acceptors (Lipinski definition) is 3. The number of halogens is 1. The van der Waals surface area contributed by atoms with Gasteiger partial charge in [-0.05, 0) is 73.5 Å². The van der Waals surface area contributed by atoms with Gasteiger partial charge in [-0.15, -0.1) is 0 Å². The summed E-state index contributed by atoms with van der Waals surface area (Å²) in [6.45, 7) is 1.03. The Morgan fingerprint density at radius 2 is 1.72 bits per heavy atom. The van der Waals surface area contributed by atoms with Crippen LogP contribution in [0.3, 0.4) is 0 Å². The van der Waals surface area contributed by atoms with E-state index in [0.717, 1.165) is 17.4 Å². The molecule has 1 aromatic carbocycles. The fourth-order valence-electron chi connectivity index (χ4n) is 5.85. The lowest BCUT2D eigenvalue weighted by Crippen LogP contribution is -2.56. The number of rotatable bonds is 3. The molecule has 5 heteroatoms. The van der Waals surface area contributed by atoms with Crippen LogP contribution in [0, 0.1) is 23.7 Å². The second-order valence-corrected chi connectivity index (χ2v) is 8.71. The molecule has 134 valence electrons. The van der Waals surface area contributed by atoms with Gasteiger partial charge >= 0.3 is 0 Å². The number of hydrogen-bond donors (Lipinski definition) is 1. The van der Waals surface area contributed by atoms with Crippen LogP contribution in [0.2, 0.25) is 5.02 Å². The zero-order chi connectivity index (χ0) is 17.0. The molecule has 1 N–H and O–H groups in total. The number of carbonyl (C=O) groups is 1. The molecule has 0 atom stereocenters. The molecule has 5 aliphatic rings. The molecule has 4 nitrogen and oxygen atoms in total. The van der Waals surface area contributed by atoms with Crippen LogP contribution < -0.4 is 14.8 Å². The van der Waals surface area contributed by atoms with Gasteiger partial charge in [0.15, 0.2) is 11.5 Å². The van der Waals surface area contributed by atoms with Crippen LogP contribution >= 0.6 is 11.6 Å². The van der Waals surface area contributed by atoms with Crippen molar-refractivity contribution in [2.24, 2.45) is 23.7 Å². The van der Waals surface area contributed by atoms with Crippen molar-refractivity contribution >= 4 is 17.5 Å². The lowest BCUT2D eigenvalue weighted by atomic mass is 9.54. The quantitative estimate of drug-likeness (QED) is 0.894. The first-order valence-corrected chi connectivity index (χ1v) is 9.91. The molecule has 4 bridgehead atoms. The van der Waals surface area contributed by atoms with E-state index in [1.165, 1.54) is 32.1 Å². The maximum atomic E-state index is 12.7. The Labute approximate surface area is 153 Å². The predicted molar refractivity (Wildman–Crippen MR) is 95.1 cm³/mol. The minimum absolute atomic E-state index is 0.102. The zero-order valence-electron chi connectivity index (χ0n) is 14.3. The zero-order valence-corrected chi connectivity index (χ0v) is 15.1. The summed E-state index contributed by atoms with van der Waals surface area (Å²) in [7, 11) is 0. The van der Waals surface area contributed by atoms with Crippen LogP contribution in [0.5, 0.6) is 11.5 Å². The maximum absolute atomic E-state index is 12.7. The van der Waals surface area contributed by atoms with E-state index < -0.39 is 0 Å². The summed E-state index contributed by atoms with van der Waals surface area (Å²) < 4.78 is 11.2. The molecular formula is C20H24ClNO3. The average molecular weight is 362 g/mol. The summed E-state index contributed by atoms with van der Waals surface area (Å²) >= 11 is 6.28. The second kappa shape index (κ2) is 6.08. The van der Waals surface area contributed by atoms with Gasteiger partial charge < -0.3 is 14.8 Å². The Morgan fingerprint density at radius 3 is 2.44 bits per heavy atom. The highest BCUT2D eigenvalue weighted by atomic mass is 35.5. The van der Waals surface area contributed by atoms with Gasteiger partial charge in [-0.2, -0.15) is 0 Å². The fourth-order valence-corrected chi connectivity index (χ4v) is 6.14. The van der Waals surface area contributed by atoms with E-state index in [2.05, 4.69) is 5.32 Å². The van der Waals surface area contributed by atoms with Crippen molar-refractivity contribution in [2.75, 3.05) is 13.2 Å². The van der Waals surface area contributed by atoms with Gasteiger partial charge in [-0.3, -0.25) is 4.79 Å². The predicted octanol–water partition coefficient (Wildman–Crippen LogP) is 3.59. The highest BCUT2D eigenvalue weighted by molar-refractivity contribution is 6.32. The van der Waals surface area contributed by atoms with Gasteiger partial charge in [0.25, 0.3) is 0 Å². The van der Waals surface area contributed by atoms with Gasteiger partial charge in [-0.1, -0.05) is 11.6 Å². The topological polar surface area (TPSA) is 47.6 Å². The molecule has 1 amide bonds. The molecule has 0 unspecified atom stereocenters. The number of nitrogens with one attached hydrogen (secondary N) is 1. The molecule has 4 aliphatic carbocycles. The molecule has 1 heterocycles. The SMILES string of the molecule is O=C(Cc1cc(Cl)c2c(c1)OCCO2)NC1C2CC3CC(C2)CC1C3. The van der Waals surface area contributed by atoms with Crippen LogP contribution in [0.25, 0.3) is 0 Å². The van der Waals surface area contributed by atoms with Crippen LogP contribution in [0.1, 0.15) is 37.7 Å². The molecule has 0 saturated heterocycles. The minimum atomic E-state index is 0.102. The lowest BCUT2D eigenvalue weighted by Gasteiger charge is -2.54. The monoisotopic (exact) mass is 361 g/mol. The Hall–Kier alpha value is -1.42. The van der Waals surface area contributed by atoms with Gasteiger partial charge in [0.2, 0.25) is 5.91 Å². The van der Waals surface area contributed by atoms with Crippen molar-refractivity contribution in [3.63, 3.8) is 0 Å². The normalized spacial score (nSPS) is 34.8. The van der Waals surface area contributed by atoms with Crippen LogP contribution in [0.4, 0.5) is 0 Å². The summed E-state index contributed by atoms with van der Waals surface area (Å²) in [6.07, 6.45) is 7.03. The summed E-state index contributed by atoms with van der Waals surface area (Å²) in [5.74, 6) is 4.59. The lowest BCUT2D eigenvalue weighted by molar-refractivity contribution is -0.124. The van der Waals surface area contributed by atoms with E-state index in [4.69, 9.17) is 21.1 Å². The Bertz CT molecular complexity index is 676. The standard InChI is InChI=1S/C20H24ClNO3/c21-16-8-13(9-17-20(16)25-2-1-24-17)10-18(23)22-19-14-4-11-3-12(6-14)7-15(19)5-11/h8-9,11-12,14-15,19H,1-7,10H2,(H,22,23). The summed E-state index contributed by atoms with van der Waals surface area (Å²) in [5.41, 5.74) is 0.885. The molecule has 0 aromatic heterocycles. The third kappa shape index (κ3) is 2.88. The molecule has 4 saturated carbocycles. The Morgan fingerprint density at radius 1 is 1.04 bits per heavy atom. The Balaban J connectivity index is 1.27. The molecule has 4 fully saturated rings. The van der Waals surface area contributed by atoms with E-state index in [9.17, 15) is 4.79 Å². The van der Waals surface area contributed by atoms with E-state index in [-0.39, 0.29) is 5.91 Å². The molecule has 25 heavy (non-hydrogen) atoms. The first-order chi connectivity index (χ1) is 12.2. The van der Waals surface area contributed by atoms with Crippen molar-refractivity contribution in [3.8, 4) is 11.5 Å². The average Bonchev–Trinajstić information content (AvgIpc) is 2.57. The van der Waals surface area contributed by atoms with Crippen LogP contribution in [-0.2, 0) is 11.2 Å². The molecule has 1 aliphatic heterocycles. The third-order valence-electron chi connectivity index (χ3n) is 6.58. The van der Waals surface area contributed by atoms with Crippen molar-refractivity contribution in [1.29, 1.82) is 0 Å². The van der Waals surface area contributed by atoms with Crippen LogP contribution in [-0.4, -0.2) is 25.2 Å².